The third-order valence-corrected chi connectivity index (χ3v) is 6.28. The zero-order chi connectivity index (χ0) is 13.9. The van der Waals surface area contributed by atoms with Crippen molar-refractivity contribution in [3.63, 3.8) is 0 Å². The molecule has 5 nitrogen and oxygen atoms in total. The Hall–Kier alpha value is -0.170. The first-order valence-electron chi connectivity index (χ1n) is 7.50. The highest BCUT2D eigenvalue weighted by Crippen LogP contribution is 2.28. The van der Waals surface area contributed by atoms with Gasteiger partial charge in [0, 0.05) is 19.1 Å². The second kappa shape index (κ2) is 6.52. The predicted octanol–water partition coefficient (Wildman–Crippen LogP) is 1.07. The van der Waals surface area contributed by atoms with Crippen LogP contribution in [0.2, 0.25) is 0 Å². The molecule has 2 rings (SSSR count). The summed E-state index contributed by atoms with van der Waals surface area (Å²) in [6, 6.07) is 0.0470. The minimum absolute atomic E-state index is 0.0470. The van der Waals surface area contributed by atoms with Crippen LogP contribution in [0.15, 0.2) is 0 Å². The van der Waals surface area contributed by atoms with Gasteiger partial charge in [0.05, 0.1) is 0 Å². The average Bonchev–Trinajstić information content (AvgIpc) is 2.92. The molecule has 0 bridgehead atoms. The molecule has 2 fully saturated rings. The second-order valence-electron chi connectivity index (χ2n) is 6.06. The monoisotopic (exact) mass is 289 g/mol. The highest BCUT2D eigenvalue weighted by atomic mass is 32.2. The van der Waals surface area contributed by atoms with Gasteiger partial charge < -0.3 is 5.73 Å². The quantitative estimate of drug-likeness (QED) is 0.795. The van der Waals surface area contributed by atoms with Gasteiger partial charge in [-0.05, 0) is 51.0 Å². The van der Waals surface area contributed by atoms with Gasteiger partial charge in [0.15, 0.2) is 0 Å². The number of nitrogens with two attached hydrogens (primary N) is 1. The molecule has 2 aliphatic rings. The molecule has 1 heterocycles. The maximum Gasteiger partial charge on any atom is 0.279 e. The van der Waals surface area contributed by atoms with E-state index >= 15 is 0 Å². The van der Waals surface area contributed by atoms with Crippen LogP contribution < -0.4 is 10.5 Å². The van der Waals surface area contributed by atoms with Gasteiger partial charge in [-0.25, -0.2) is 0 Å². The van der Waals surface area contributed by atoms with Crippen LogP contribution in [0.4, 0.5) is 0 Å². The molecule has 0 aromatic rings. The van der Waals surface area contributed by atoms with Crippen LogP contribution in [0.3, 0.4) is 0 Å². The lowest BCUT2D eigenvalue weighted by molar-refractivity contribution is 0.265. The maximum absolute atomic E-state index is 12.4. The molecule has 0 spiro atoms. The number of nitrogens with zero attached hydrogens (tertiary/aromatic N) is 1. The van der Waals surface area contributed by atoms with Gasteiger partial charge in [0.2, 0.25) is 0 Å². The molecule has 2 atom stereocenters. The van der Waals surface area contributed by atoms with Crippen molar-refractivity contribution in [3.05, 3.63) is 0 Å². The summed E-state index contributed by atoms with van der Waals surface area (Å²) in [5, 5.41) is 0. The Bertz CT molecular complexity index is 379. The van der Waals surface area contributed by atoms with Crippen molar-refractivity contribution in [1.29, 1.82) is 0 Å². The molecule has 3 N–H and O–H groups in total. The van der Waals surface area contributed by atoms with E-state index in [2.05, 4.69) is 4.72 Å². The van der Waals surface area contributed by atoms with Gasteiger partial charge in [-0.1, -0.05) is 12.8 Å². The second-order valence-corrected chi connectivity index (χ2v) is 7.76. The van der Waals surface area contributed by atoms with Crippen molar-refractivity contribution < 1.29 is 8.42 Å². The Morgan fingerprint density at radius 1 is 1.26 bits per heavy atom. The van der Waals surface area contributed by atoms with Crippen molar-refractivity contribution >= 4 is 10.2 Å². The highest BCUT2D eigenvalue weighted by Gasteiger charge is 2.31. The Balaban J connectivity index is 1.93. The molecule has 0 radical (unpaired) electrons. The minimum atomic E-state index is -3.34. The van der Waals surface area contributed by atoms with E-state index in [9.17, 15) is 8.42 Å². The fourth-order valence-corrected chi connectivity index (χ4v) is 4.89. The van der Waals surface area contributed by atoms with Crippen LogP contribution in [0.1, 0.15) is 45.4 Å². The number of nitrogens with one attached hydrogen (secondary N) is 1. The highest BCUT2D eigenvalue weighted by molar-refractivity contribution is 7.87. The lowest BCUT2D eigenvalue weighted by Gasteiger charge is -2.33. The van der Waals surface area contributed by atoms with Crippen LogP contribution in [0, 0.1) is 11.8 Å². The lowest BCUT2D eigenvalue weighted by Crippen LogP contribution is -2.50. The summed E-state index contributed by atoms with van der Waals surface area (Å²) >= 11 is 0. The first kappa shape index (κ1) is 15.2. The van der Waals surface area contributed by atoms with Gasteiger partial charge in [0.1, 0.15) is 0 Å². The molecule has 1 saturated heterocycles. The van der Waals surface area contributed by atoms with E-state index in [4.69, 9.17) is 5.73 Å². The van der Waals surface area contributed by atoms with Gasteiger partial charge in [0.25, 0.3) is 10.2 Å². The minimum Gasteiger partial charge on any atom is -0.330 e. The van der Waals surface area contributed by atoms with E-state index in [1.807, 2.05) is 6.92 Å². The van der Waals surface area contributed by atoms with Gasteiger partial charge in [-0.15, -0.1) is 0 Å². The average molecular weight is 289 g/mol. The Morgan fingerprint density at radius 2 is 1.95 bits per heavy atom. The third-order valence-electron chi connectivity index (χ3n) is 4.60. The van der Waals surface area contributed by atoms with E-state index < -0.39 is 10.2 Å². The summed E-state index contributed by atoms with van der Waals surface area (Å²) < 4.78 is 29.2. The van der Waals surface area contributed by atoms with Crippen molar-refractivity contribution in [2.24, 2.45) is 17.6 Å². The topological polar surface area (TPSA) is 75.4 Å². The van der Waals surface area contributed by atoms with Gasteiger partial charge >= 0.3 is 0 Å². The summed E-state index contributed by atoms with van der Waals surface area (Å²) in [6.45, 7) is 3.77. The van der Waals surface area contributed by atoms with Crippen LogP contribution in [-0.4, -0.2) is 38.4 Å². The fraction of sp³-hybridized carbons (Fsp3) is 1.00. The van der Waals surface area contributed by atoms with E-state index in [-0.39, 0.29) is 6.04 Å². The zero-order valence-electron chi connectivity index (χ0n) is 11.8. The van der Waals surface area contributed by atoms with Crippen molar-refractivity contribution in [2.45, 2.75) is 51.5 Å². The van der Waals surface area contributed by atoms with Crippen LogP contribution in [-0.2, 0) is 10.2 Å². The molecule has 19 heavy (non-hydrogen) atoms. The standard InChI is InChI=1S/C13H27N3O2S/c1-11(13-6-2-3-7-13)15-19(17,18)16-8-4-5-12(9-14)10-16/h11-13,15H,2-10,14H2,1H3. The summed E-state index contributed by atoms with van der Waals surface area (Å²) in [4.78, 5) is 0. The number of hydrogen-bond acceptors (Lipinski definition) is 3. The Labute approximate surface area is 117 Å². The normalized spacial score (nSPS) is 28.6. The maximum atomic E-state index is 12.4. The molecule has 1 saturated carbocycles. The number of rotatable bonds is 5. The lowest BCUT2D eigenvalue weighted by atomic mass is 10.0. The third kappa shape index (κ3) is 3.90. The molecule has 0 amide bonds. The molecular weight excluding hydrogens is 262 g/mol. The van der Waals surface area contributed by atoms with E-state index in [1.165, 1.54) is 12.8 Å². The zero-order valence-corrected chi connectivity index (χ0v) is 12.7. The van der Waals surface area contributed by atoms with E-state index in [0.29, 0.717) is 31.5 Å². The van der Waals surface area contributed by atoms with Crippen molar-refractivity contribution in [2.75, 3.05) is 19.6 Å². The molecule has 112 valence electrons. The van der Waals surface area contributed by atoms with E-state index in [0.717, 1.165) is 25.7 Å². The summed E-state index contributed by atoms with van der Waals surface area (Å²) in [5.41, 5.74) is 5.67. The van der Waals surface area contributed by atoms with Gasteiger partial charge in [-0.2, -0.15) is 17.4 Å². The largest absolute Gasteiger partial charge is 0.330 e. The molecule has 2 unspecified atom stereocenters. The van der Waals surface area contributed by atoms with Gasteiger partial charge in [-0.3, -0.25) is 0 Å². The molecule has 1 aliphatic carbocycles. The number of hydrogen-bond donors (Lipinski definition) is 2. The number of piperidine rings is 1. The Kier molecular flexibility index (Phi) is 5.22. The predicted molar refractivity (Wildman–Crippen MR) is 76.8 cm³/mol. The Morgan fingerprint density at radius 3 is 2.58 bits per heavy atom. The summed E-state index contributed by atoms with van der Waals surface area (Å²) in [6.07, 6.45) is 6.72. The molecule has 1 aliphatic heterocycles. The first-order chi connectivity index (χ1) is 9.03. The molecule has 0 aromatic heterocycles. The van der Waals surface area contributed by atoms with Crippen molar-refractivity contribution in [3.8, 4) is 0 Å². The summed E-state index contributed by atoms with van der Waals surface area (Å²) in [5.74, 6) is 0.817. The van der Waals surface area contributed by atoms with Crippen molar-refractivity contribution in [1.82, 2.24) is 9.03 Å². The first-order valence-corrected chi connectivity index (χ1v) is 8.94. The smallest absolute Gasteiger partial charge is 0.279 e. The van der Waals surface area contributed by atoms with Crippen LogP contribution in [0.5, 0.6) is 0 Å². The summed E-state index contributed by atoms with van der Waals surface area (Å²) in [7, 11) is -3.34. The van der Waals surface area contributed by atoms with Crippen LogP contribution in [0.25, 0.3) is 0 Å². The molecular formula is C13H27N3O2S. The van der Waals surface area contributed by atoms with Crippen LogP contribution >= 0.6 is 0 Å². The van der Waals surface area contributed by atoms with E-state index in [1.54, 1.807) is 4.31 Å². The fourth-order valence-electron chi connectivity index (χ4n) is 3.30. The molecule has 6 heteroatoms. The SMILES string of the molecule is CC(NS(=O)(=O)N1CCCC(CN)C1)C1CCCC1. The molecule has 0 aromatic carbocycles.